The van der Waals surface area contributed by atoms with E-state index in [-0.39, 0.29) is 47.5 Å². The van der Waals surface area contributed by atoms with E-state index in [2.05, 4.69) is 15.5 Å². The molecule has 0 saturated carbocycles. The molecule has 1 N–H and O–H groups in total. The van der Waals surface area contributed by atoms with Crippen LogP contribution in [0, 0.1) is 0 Å². The molecule has 1 fully saturated rings. The number of pyridine rings is 1. The van der Waals surface area contributed by atoms with E-state index >= 15 is 0 Å². The van der Waals surface area contributed by atoms with Gasteiger partial charge in [0.25, 0.3) is 6.43 Å². The lowest BCUT2D eigenvalue weighted by molar-refractivity contribution is -0.0527. The zero-order valence-corrected chi connectivity index (χ0v) is 25.0. The van der Waals surface area contributed by atoms with Crippen molar-refractivity contribution in [2.45, 2.75) is 44.7 Å². The van der Waals surface area contributed by atoms with Gasteiger partial charge in [-0.3, -0.25) is 4.68 Å². The maximum atomic E-state index is 14.7. The lowest BCUT2D eigenvalue weighted by Crippen LogP contribution is -2.46. The van der Waals surface area contributed by atoms with Crippen LogP contribution in [-0.4, -0.2) is 73.8 Å². The Kier molecular flexibility index (Phi) is 8.17. The molecular formula is C31H29F4N7O5. The zero-order chi connectivity index (χ0) is 32.7. The summed E-state index contributed by atoms with van der Waals surface area (Å²) in [5.74, 6) is 0.00431. The number of carbonyl (C=O) groups excluding carboxylic acids is 1. The Morgan fingerprint density at radius 2 is 1.89 bits per heavy atom. The number of halogens is 4. The van der Waals surface area contributed by atoms with Gasteiger partial charge in [0, 0.05) is 43.5 Å². The first kappa shape index (κ1) is 30.5. The molecular weight excluding hydrogens is 626 g/mol. The van der Waals surface area contributed by atoms with Gasteiger partial charge in [0.1, 0.15) is 24.2 Å². The molecule has 12 nitrogen and oxygen atoms in total. The van der Waals surface area contributed by atoms with Crippen molar-refractivity contribution >= 4 is 6.09 Å². The molecule has 0 aliphatic carbocycles. The summed E-state index contributed by atoms with van der Waals surface area (Å²) in [6.45, 7) is -2.08. The van der Waals surface area contributed by atoms with Gasteiger partial charge < -0.3 is 28.8 Å². The molecule has 6 heterocycles. The number of carbonyl (C=O) groups is 1. The highest BCUT2D eigenvalue weighted by Crippen LogP contribution is 2.49. The Bertz CT molecular complexity index is 1850. The first-order valence-corrected chi connectivity index (χ1v) is 14.8. The Morgan fingerprint density at radius 1 is 1.06 bits per heavy atom. The van der Waals surface area contributed by atoms with Crippen LogP contribution < -0.4 is 14.8 Å². The quantitative estimate of drug-likeness (QED) is 0.218. The van der Waals surface area contributed by atoms with Gasteiger partial charge in [0.05, 0.1) is 42.6 Å². The number of hydrogen-bond acceptors (Lipinski definition) is 8. The van der Waals surface area contributed by atoms with Gasteiger partial charge in [0.15, 0.2) is 0 Å². The predicted octanol–water partition coefficient (Wildman–Crippen LogP) is 5.12. The number of hydrogen-bond donors (Lipinski definition) is 1. The first-order chi connectivity index (χ1) is 22.7. The van der Waals surface area contributed by atoms with Crippen LogP contribution >= 0.6 is 0 Å². The molecule has 0 bridgehead atoms. The van der Waals surface area contributed by atoms with E-state index in [0.29, 0.717) is 37.6 Å². The smallest absolute Gasteiger partial charge is 0.407 e. The molecule has 246 valence electrons. The van der Waals surface area contributed by atoms with Gasteiger partial charge in [-0.05, 0) is 17.7 Å². The number of benzene rings is 1. The predicted molar refractivity (Wildman–Crippen MR) is 158 cm³/mol. The van der Waals surface area contributed by atoms with Crippen LogP contribution in [0.4, 0.5) is 22.4 Å². The summed E-state index contributed by atoms with van der Waals surface area (Å²) in [4.78, 5) is 17.3. The largest absolute Gasteiger partial charge is 0.475 e. The molecule has 0 radical (unpaired) electrons. The third-order valence-corrected chi connectivity index (χ3v) is 7.90. The van der Waals surface area contributed by atoms with Crippen molar-refractivity contribution in [3.05, 3.63) is 66.1 Å². The third kappa shape index (κ3) is 6.07. The fraction of sp³-hybridized carbons (Fsp3) is 0.355. The number of rotatable bonds is 9. The summed E-state index contributed by atoms with van der Waals surface area (Å²) >= 11 is 0. The van der Waals surface area contributed by atoms with E-state index in [1.165, 1.54) is 22.6 Å². The Hall–Kier alpha value is -5.12. The fourth-order valence-corrected chi connectivity index (χ4v) is 5.92. The molecule has 47 heavy (non-hydrogen) atoms. The average Bonchev–Trinajstić information content (AvgIpc) is 3.82. The molecule has 1 amide bonds. The van der Waals surface area contributed by atoms with Gasteiger partial charge in [-0.1, -0.05) is 30.3 Å². The molecule has 16 heteroatoms. The minimum absolute atomic E-state index is 0.00151. The van der Waals surface area contributed by atoms with Crippen molar-refractivity contribution in [2.75, 3.05) is 19.8 Å². The van der Waals surface area contributed by atoms with E-state index in [1.54, 1.807) is 18.3 Å². The highest BCUT2D eigenvalue weighted by molar-refractivity contribution is 5.97. The second kappa shape index (κ2) is 12.6. The van der Waals surface area contributed by atoms with E-state index in [1.807, 2.05) is 34.9 Å². The SMILES string of the molecule is Cn1cc(-c2c3cccn(Cc4ccccc4)c-3nc2-c2c(C(F)F)nn3c2OC[C@@H](NC(=O)OC2CCOC2)C3)c(OC(F)F)n1. The van der Waals surface area contributed by atoms with Crippen molar-refractivity contribution in [3.8, 4) is 45.5 Å². The van der Waals surface area contributed by atoms with E-state index < -0.39 is 36.7 Å². The van der Waals surface area contributed by atoms with Crippen molar-refractivity contribution in [2.24, 2.45) is 7.05 Å². The summed E-state index contributed by atoms with van der Waals surface area (Å²) in [6.07, 6.45) is -0.276. The summed E-state index contributed by atoms with van der Waals surface area (Å²) in [5.41, 5.74) is 1.12. The lowest BCUT2D eigenvalue weighted by Gasteiger charge is -2.25. The number of nitrogens with one attached hydrogen (secondary N) is 1. The highest BCUT2D eigenvalue weighted by atomic mass is 19.3. The molecule has 1 saturated heterocycles. The van der Waals surface area contributed by atoms with Gasteiger partial charge >= 0.3 is 12.7 Å². The molecule has 1 aromatic carbocycles. The standard InChI is InChI=1S/C31H29F4N7O5/c1-40-14-21(28(39-40)47-30(34)35)22-20-8-5-10-41(12-17-6-3-2-4-7-17)27(20)37-24(22)23-25(26(32)33)38-42-13-18(15-45-29(23)42)36-31(43)46-19-9-11-44-16-19/h2-8,10,14,18-19,26,30H,9,11-13,15-16H2,1H3,(H,36,43)/t18-,19?/m0/s1. The van der Waals surface area contributed by atoms with Crippen LogP contribution in [0.15, 0.2) is 54.9 Å². The number of aryl methyl sites for hydroxylation is 1. The van der Waals surface area contributed by atoms with E-state index in [0.717, 1.165) is 5.56 Å². The number of alkyl carbamates (subject to hydrolysis) is 1. The minimum atomic E-state index is -3.19. The van der Waals surface area contributed by atoms with E-state index in [4.69, 9.17) is 23.9 Å². The third-order valence-electron chi connectivity index (χ3n) is 7.90. The summed E-state index contributed by atoms with van der Waals surface area (Å²) in [5, 5.41) is 10.9. The number of ether oxygens (including phenoxy) is 4. The van der Waals surface area contributed by atoms with Crippen LogP contribution in [-0.2, 0) is 29.6 Å². The van der Waals surface area contributed by atoms with Crippen LogP contribution in [0.5, 0.6) is 11.8 Å². The number of nitrogens with zero attached hydrogens (tertiary/aromatic N) is 6. The molecule has 3 aromatic rings. The highest BCUT2D eigenvalue weighted by Gasteiger charge is 2.37. The van der Waals surface area contributed by atoms with Crippen molar-refractivity contribution in [3.63, 3.8) is 0 Å². The molecule has 4 aliphatic heterocycles. The second-order valence-corrected chi connectivity index (χ2v) is 11.2. The number of fused-ring (bicyclic) bond motifs is 2. The average molecular weight is 656 g/mol. The van der Waals surface area contributed by atoms with Crippen LogP contribution in [0.3, 0.4) is 0 Å². The zero-order valence-electron chi connectivity index (χ0n) is 25.0. The molecule has 2 atom stereocenters. The van der Waals surface area contributed by atoms with Gasteiger partial charge in [0.2, 0.25) is 11.8 Å². The molecule has 2 aromatic heterocycles. The normalized spacial score (nSPS) is 17.7. The van der Waals surface area contributed by atoms with Crippen LogP contribution in [0.25, 0.3) is 33.8 Å². The van der Waals surface area contributed by atoms with Crippen LogP contribution in [0.1, 0.15) is 24.1 Å². The van der Waals surface area contributed by atoms with Crippen molar-refractivity contribution in [1.82, 2.24) is 34.4 Å². The summed E-state index contributed by atoms with van der Waals surface area (Å²) in [6, 6.07) is 12.4. The summed E-state index contributed by atoms with van der Waals surface area (Å²) in [7, 11) is 1.53. The number of alkyl halides is 4. The van der Waals surface area contributed by atoms with Gasteiger partial charge in [-0.2, -0.15) is 13.9 Å². The first-order valence-electron chi connectivity index (χ1n) is 14.8. The monoisotopic (exact) mass is 655 g/mol. The maximum Gasteiger partial charge on any atom is 0.407 e. The number of aromatic nitrogens is 6. The fourth-order valence-electron chi connectivity index (χ4n) is 5.92. The van der Waals surface area contributed by atoms with Crippen LogP contribution in [0.2, 0.25) is 0 Å². The molecule has 4 aliphatic rings. The Labute approximate surface area is 265 Å². The molecule has 0 spiro atoms. The lowest BCUT2D eigenvalue weighted by atomic mass is 9.98. The van der Waals surface area contributed by atoms with Crippen molar-refractivity contribution < 1.29 is 41.3 Å². The van der Waals surface area contributed by atoms with Crippen molar-refractivity contribution in [1.29, 1.82) is 0 Å². The maximum absolute atomic E-state index is 14.7. The van der Waals surface area contributed by atoms with E-state index in [9.17, 15) is 22.4 Å². The van der Waals surface area contributed by atoms with Gasteiger partial charge in [-0.25, -0.2) is 23.2 Å². The summed E-state index contributed by atoms with van der Waals surface area (Å²) < 4.78 is 82.2. The topological polar surface area (TPSA) is 119 Å². The Morgan fingerprint density at radius 3 is 2.64 bits per heavy atom. The Balaban J connectivity index is 1.33. The van der Waals surface area contributed by atoms with Gasteiger partial charge in [-0.15, -0.1) is 5.10 Å². The number of amides is 1. The molecule has 1 unspecified atom stereocenters. The molecule has 7 rings (SSSR count). The minimum Gasteiger partial charge on any atom is -0.475 e. The second-order valence-electron chi connectivity index (χ2n) is 11.2.